The lowest BCUT2D eigenvalue weighted by molar-refractivity contribution is -0.704. The number of aryl methyl sites for hydroxylation is 1. The second-order valence-corrected chi connectivity index (χ2v) is 5.67. The van der Waals surface area contributed by atoms with Crippen molar-refractivity contribution in [1.29, 1.82) is 0 Å². The Morgan fingerprint density at radius 2 is 2.05 bits per heavy atom. The van der Waals surface area contributed by atoms with Crippen LogP contribution in [0.5, 0.6) is 0 Å². The van der Waals surface area contributed by atoms with Crippen molar-refractivity contribution < 1.29 is 32.1 Å². The molecule has 6 nitrogen and oxygen atoms in total. The molecule has 11 heteroatoms. The number of nitrogens with two attached hydrogens (primary N) is 1. The fourth-order valence-corrected chi connectivity index (χ4v) is 2.87. The van der Waals surface area contributed by atoms with Crippen LogP contribution in [0.15, 0.2) is 17.0 Å². The third-order valence-electron chi connectivity index (χ3n) is 2.64. The van der Waals surface area contributed by atoms with Gasteiger partial charge in [0.25, 0.3) is 0 Å². The average molecular weight is 327 g/mol. The van der Waals surface area contributed by atoms with Crippen molar-refractivity contribution in [3.8, 4) is 0 Å². The Kier molecular flexibility index (Phi) is 4.16. The van der Waals surface area contributed by atoms with Crippen molar-refractivity contribution >= 4 is 22.5 Å². The zero-order valence-electron chi connectivity index (χ0n) is 10.6. The molecule has 0 aromatic heterocycles. The minimum Gasteiger partial charge on any atom is -0.254 e. The highest BCUT2D eigenvalue weighted by molar-refractivity contribution is 7.85. The minimum absolute atomic E-state index is 0.117. The van der Waals surface area contributed by atoms with E-state index in [1.165, 1.54) is 6.92 Å². The topological polar surface area (TPSA) is 78.1 Å². The summed E-state index contributed by atoms with van der Waals surface area (Å²) in [6.45, 7) is 1.35. The van der Waals surface area contributed by atoms with E-state index < -0.39 is 34.6 Å². The van der Waals surface area contributed by atoms with Crippen molar-refractivity contribution in [2.75, 3.05) is 10.8 Å². The molecule has 1 unspecified atom stereocenters. The van der Waals surface area contributed by atoms with Gasteiger partial charge in [-0.3, -0.25) is 4.21 Å². The van der Waals surface area contributed by atoms with Gasteiger partial charge < -0.3 is 0 Å². The number of quaternary nitrogens is 1. The lowest BCUT2D eigenvalue weighted by Gasteiger charge is -2.14. The first-order valence-electron chi connectivity index (χ1n) is 5.62. The van der Waals surface area contributed by atoms with Gasteiger partial charge in [-0.15, -0.1) is 10.5 Å². The highest BCUT2D eigenvalue weighted by atomic mass is 32.2. The first-order chi connectivity index (χ1) is 9.69. The maximum atomic E-state index is 13.9. The number of nitrogens with one attached hydrogen (secondary N) is 2. The van der Waals surface area contributed by atoms with Crippen molar-refractivity contribution in [3.05, 3.63) is 23.5 Å². The number of halogens is 4. The molecule has 0 radical (unpaired) electrons. The quantitative estimate of drug-likeness (QED) is 0.423. The minimum atomic E-state index is -4.61. The fourth-order valence-electron chi connectivity index (χ4n) is 1.75. The zero-order chi connectivity index (χ0) is 15.8. The van der Waals surface area contributed by atoms with Crippen LogP contribution in [0.1, 0.15) is 5.56 Å². The van der Waals surface area contributed by atoms with Crippen LogP contribution in [0.25, 0.3) is 0 Å². The Hall–Kier alpha value is -1.72. The van der Waals surface area contributed by atoms with Gasteiger partial charge in [0.05, 0.1) is 10.8 Å². The predicted molar refractivity (Wildman–Crippen MR) is 64.5 cm³/mol. The Balaban J connectivity index is 2.39. The molecule has 2 amide bonds. The summed E-state index contributed by atoms with van der Waals surface area (Å²) in [6.07, 6.45) is -4.61. The monoisotopic (exact) mass is 327 g/mol. The summed E-state index contributed by atoms with van der Waals surface area (Å²) in [5.74, 6) is -2.34. The molecule has 1 atom stereocenters. The Labute approximate surface area is 118 Å². The highest BCUT2D eigenvalue weighted by Crippen LogP contribution is 2.27. The van der Waals surface area contributed by atoms with E-state index in [2.05, 4.69) is 11.0 Å². The van der Waals surface area contributed by atoms with Crippen molar-refractivity contribution in [2.45, 2.75) is 18.0 Å². The fraction of sp³-hybridized carbons (Fsp3) is 0.300. The number of hydrogen-bond acceptors (Lipinski definition) is 3. The number of carbonyl (C=O) groups excluding carboxylic acids is 1. The number of rotatable bonds is 3. The third kappa shape index (κ3) is 3.49. The Bertz CT molecular complexity index is 607. The molecular formula is C10H11F4N4O2S+. The number of amides is 2. The maximum absolute atomic E-state index is 13.9. The van der Waals surface area contributed by atoms with E-state index in [1.54, 1.807) is 0 Å². The third-order valence-corrected chi connectivity index (χ3v) is 4.16. The molecule has 0 spiro atoms. The lowest BCUT2D eigenvalue weighted by atomic mass is 10.2. The largest absolute Gasteiger partial charge is 0.400 e. The molecule has 1 aliphatic heterocycles. The summed E-state index contributed by atoms with van der Waals surface area (Å²) in [5.41, 5.74) is 5.42. The number of alkyl halides is 3. The molecule has 0 saturated carbocycles. The van der Waals surface area contributed by atoms with Crippen LogP contribution in [0, 0.1) is 12.7 Å². The van der Waals surface area contributed by atoms with Crippen LogP contribution in [0.2, 0.25) is 0 Å². The molecule has 1 saturated heterocycles. The predicted octanol–water partition coefficient (Wildman–Crippen LogP) is 0.232. The van der Waals surface area contributed by atoms with Crippen LogP contribution in [-0.4, -0.2) is 22.2 Å². The molecule has 1 fully saturated rings. The van der Waals surface area contributed by atoms with E-state index in [4.69, 9.17) is 0 Å². The number of carbonyl (C=O) groups is 1. The van der Waals surface area contributed by atoms with E-state index in [1.807, 2.05) is 0 Å². The van der Waals surface area contributed by atoms with Gasteiger partial charge in [0.15, 0.2) is 5.82 Å². The number of nitrogens with zero attached hydrogens (tertiary/aromatic N) is 1. The first-order valence-corrected chi connectivity index (χ1v) is 6.94. The number of hydrazine groups is 1. The molecule has 2 rings (SSSR count). The summed E-state index contributed by atoms with van der Waals surface area (Å²) in [7, 11) is -2.38. The zero-order valence-corrected chi connectivity index (χ0v) is 11.4. The summed E-state index contributed by atoms with van der Waals surface area (Å²) in [5, 5.41) is 0.836. The van der Waals surface area contributed by atoms with Crippen LogP contribution >= 0.6 is 0 Å². The van der Waals surface area contributed by atoms with E-state index in [9.17, 15) is 26.6 Å². The highest BCUT2D eigenvalue weighted by Gasteiger charge is 2.33. The molecule has 21 heavy (non-hydrogen) atoms. The SMILES string of the molecule is Cc1cc(F)c(N2[NH2+]NNC2=O)cc1S(=O)CC(F)(F)F. The van der Waals surface area contributed by atoms with Crippen LogP contribution in [-0.2, 0) is 10.8 Å². The number of anilines is 1. The second-order valence-electron chi connectivity index (χ2n) is 4.25. The number of benzene rings is 1. The van der Waals surface area contributed by atoms with Crippen LogP contribution < -0.4 is 21.5 Å². The molecule has 0 aliphatic carbocycles. The molecule has 0 bridgehead atoms. The van der Waals surface area contributed by atoms with Gasteiger partial charge in [-0.1, -0.05) is 5.53 Å². The summed E-state index contributed by atoms with van der Waals surface area (Å²) in [6, 6.07) is 1.22. The van der Waals surface area contributed by atoms with Crippen LogP contribution in [0.3, 0.4) is 0 Å². The molecule has 1 aromatic carbocycles. The summed E-state index contributed by atoms with van der Waals surface area (Å²) < 4.78 is 62.6. The van der Waals surface area contributed by atoms with Crippen LogP contribution in [0.4, 0.5) is 28.0 Å². The maximum Gasteiger partial charge on any atom is 0.400 e. The van der Waals surface area contributed by atoms with Gasteiger partial charge in [-0.25, -0.2) is 14.6 Å². The average Bonchev–Trinajstić information content (AvgIpc) is 2.73. The lowest BCUT2D eigenvalue weighted by Crippen LogP contribution is -2.98. The van der Waals surface area contributed by atoms with Crippen molar-refractivity contribution in [3.63, 3.8) is 0 Å². The molecule has 1 aliphatic rings. The molecule has 4 N–H and O–H groups in total. The molecular weight excluding hydrogens is 316 g/mol. The van der Waals surface area contributed by atoms with Gasteiger partial charge >= 0.3 is 12.2 Å². The van der Waals surface area contributed by atoms with Crippen molar-refractivity contribution in [2.24, 2.45) is 0 Å². The molecule has 1 aromatic rings. The first kappa shape index (κ1) is 15.7. The number of urea groups is 1. The van der Waals surface area contributed by atoms with Gasteiger partial charge in [0.1, 0.15) is 11.4 Å². The van der Waals surface area contributed by atoms with Crippen molar-refractivity contribution in [1.82, 2.24) is 11.0 Å². The van der Waals surface area contributed by atoms with Gasteiger partial charge in [-0.2, -0.15) is 13.2 Å². The molecule has 1 heterocycles. The second kappa shape index (κ2) is 5.58. The van der Waals surface area contributed by atoms with E-state index >= 15 is 0 Å². The van der Waals surface area contributed by atoms with E-state index in [0.29, 0.717) is 0 Å². The Morgan fingerprint density at radius 1 is 1.38 bits per heavy atom. The summed E-state index contributed by atoms with van der Waals surface area (Å²) in [4.78, 5) is 11.3. The molecule has 116 valence electrons. The standard InChI is InChI=1S/C10H10F4N4O2S/c1-5-2-6(11)7(18-9(19)15-16-17-18)3-8(5)21(20)4-10(12,13)14/h2-3,16-17H,4H2,1H3,(H,15,19)/p+1. The normalized spacial score (nSPS) is 17.0. The smallest absolute Gasteiger partial charge is 0.254 e. The van der Waals surface area contributed by atoms with E-state index in [0.717, 1.165) is 22.7 Å². The van der Waals surface area contributed by atoms with Gasteiger partial charge in [-0.05, 0) is 24.6 Å². The van der Waals surface area contributed by atoms with Gasteiger partial charge in [0, 0.05) is 4.90 Å². The van der Waals surface area contributed by atoms with E-state index in [-0.39, 0.29) is 16.1 Å². The summed E-state index contributed by atoms with van der Waals surface area (Å²) >= 11 is 0. The number of hydrogen-bond donors (Lipinski definition) is 3. The Morgan fingerprint density at radius 3 is 2.57 bits per heavy atom. The van der Waals surface area contributed by atoms with Gasteiger partial charge in [0.2, 0.25) is 0 Å².